The molecule has 4 N–H and O–H groups in total. The van der Waals surface area contributed by atoms with Crippen LogP contribution in [0.2, 0.25) is 0 Å². The van der Waals surface area contributed by atoms with E-state index in [1.165, 1.54) is 72.8 Å². The summed E-state index contributed by atoms with van der Waals surface area (Å²) in [5, 5.41) is 25.3. The molecule has 70 heavy (non-hydrogen) atoms. The molecule has 0 radical (unpaired) electrons. The van der Waals surface area contributed by atoms with Gasteiger partial charge in [0.25, 0.3) is 0 Å². The van der Waals surface area contributed by atoms with Crippen molar-refractivity contribution in [3.05, 3.63) is 59.2 Å². The van der Waals surface area contributed by atoms with Crippen LogP contribution in [-0.4, -0.2) is 111 Å². The molecule has 2 aromatic carbocycles. The zero-order valence-electron chi connectivity index (χ0n) is 41.6. The number of halogens is 2. The summed E-state index contributed by atoms with van der Waals surface area (Å²) < 4.78 is 21.8. The van der Waals surface area contributed by atoms with E-state index < -0.39 is 17.9 Å². The van der Waals surface area contributed by atoms with Gasteiger partial charge in [-0.15, -0.1) is 0 Å². The minimum atomic E-state index is -1.07. The van der Waals surface area contributed by atoms with Gasteiger partial charge in [-0.2, -0.15) is 0 Å². The van der Waals surface area contributed by atoms with Crippen LogP contribution in [0.5, 0.6) is 0 Å². The van der Waals surface area contributed by atoms with Gasteiger partial charge in [0.05, 0.1) is 45.6 Å². The van der Waals surface area contributed by atoms with Crippen LogP contribution in [-0.2, 0) is 64.8 Å². The average Bonchev–Trinajstić information content (AvgIpc) is 3.35. The lowest BCUT2D eigenvalue weighted by Crippen LogP contribution is -2.31. The molecular formula is C54H82Br2N2O12. The second-order valence-electron chi connectivity index (χ2n) is 17.9. The van der Waals surface area contributed by atoms with Gasteiger partial charge in [-0.1, -0.05) is 151 Å². The monoisotopic (exact) mass is 1110 g/mol. The molecule has 2 rings (SSSR count). The van der Waals surface area contributed by atoms with Crippen LogP contribution in [0, 0.1) is 5.92 Å². The van der Waals surface area contributed by atoms with Crippen molar-refractivity contribution in [2.45, 2.75) is 158 Å². The molecule has 2 amide bonds. The Morgan fingerprint density at radius 3 is 1.54 bits per heavy atom. The van der Waals surface area contributed by atoms with Gasteiger partial charge in [0, 0.05) is 55.9 Å². The van der Waals surface area contributed by atoms with Gasteiger partial charge >= 0.3 is 11.9 Å². The van der Waals surface area contributed by atoms with Crippen molar-refractivity contribution in [3.63, 3.8) is 0 Å². The summed E-state index contributed by atoms with van der Waals surface area (Å²) in [6, 6.07) is 15.1. The molecule has 0 bridgehead atoms. The van der Waals surface area contributed by atoms with Gasteiger partial charge in [0.2, 0.25) is 11.8 Å². The van der Waals surface area contributed by atoms with Crippen molar-refractivity contribution >= 4 is 67.2 Å². The predicted octanol–water partition coefficient (Wildman–Crippen LogP) is 10.5. The Bertz CT molecular complexity index is 1760. The SMILES string of the molecule is O=C(O)CCCCCCCCCCCCCCCCC(=O)CC(CCC(=O)NCCOCCOCC(=O)NCCOCCOCC(=O)CCCCc1cc(-c2ccc(CBr)cc2)ccc1CBr)C(=O)O. The third-order valence-corrected chi connectivity index (χ3v) is 13.2. The van der Waals surface area contributed by atoms with Gasteiger partial charge in [0.15, 0.2) is 5.78 Å². The number of amides is 2. The van der Waals surface area contributed by atoms with Crippen molar-refractivity contribution in [2.24, 2.45) is 5.92 Å². The van der Waals surface area contributed by atoms with E-state index in [2.05, 4.69) is 85.0 Å². The van der Waals surface area contributed by atoms with Crippen LogP contribution in [0.15, 0.2) is 42.5 Å². The van der Waals surface area contributed by atoms with E-state index in [-0.39, 0.29) is 95.3 Å². The van der Waals surface area contributed by atoms with Crippen LogP contribution >= 0.6 is 31.9 Å². The van der Waals surface area contributed by atoms with E-state index in [4.69, 9.17) is 24.1 Å². The molecule has 1 atom stereocenters. The minimum Gasteiger partial charge on any atom is -0.481 e. The number of ether oxygens (including phenoxy) is 4. The van der Waals surface area contributed by atoms with Crippen molar-refractivity contribution in [1.82, 2.24) is 10.6 Å². The molecule has 0 aliphatic heterocycles. The number of hydrogen-bond donors (Lipinski definition) is 4. The van der Waals surface area contributed by atoms with E-state index in [0.29, 0.717) is 32.6 Å². The van der Waals surface area contributed by atoms with Gasteiger partial charge in [0.1, 0.15) is 19.0 Å². The van der Waals surface area contributed by atoms with Crippen LogP contribution in [0.25, 0.3) is 11.1 Å². The van der Waals surface area contributed by atoms with Gasteiger partial charge in [-0.05, 0) is 66.3 Å². The number of carbonyl (C=O) groups is 6. The summed E-state index contributed by atoms with van der Waals surface area (Å²) in [6.45, 7) is 1.96. The lowest BCUT2D eigenvalue weighted by Gasteiger charge is -2.12. The Hall–Kier alpha value is -3.54. The molecule has 1 unspecified atom stereocenters. The molecule has 2 aromatic rings. The number of alkyl halides is 2. The molecule has 0 saturated heterocycles. The molecule has 0 fully saturated rings. The number of carboxylic acid groups (broad SMARTS) is 2. The van der Waals surface area contributed by atoms with Gasteiger partial charge < -0.3 is 39.8 Å². The molecule has 0 aromatic heterocycles. The summed E-state index contributed by atoms with van der Waals surface area (Å²) in [4.78, 5) is 71.5. The summed E-state index contributed by atoms with van der Waals surface area (Å²) in [7, 11) is 0. The topological polar surface area (TPSA) is 204 Å². The maximum Gasteiger partial charge on any atom is 0.306 e. The molecule has 0 heterocycles. The Balaban J connectivity index is 1.36. The highest BCUT2D eigenvalue weighted by Crippen LogP contribution is 2.26. The average molecular weight is 1110 g/mol. The van der Waals surface area contributed by atoms with Crippen LogP contribution < -0.4 is 10.6 Å². The molecule has 0 aliphatic carbocycles. The number of Topliss-reactive ketones (excluding diaryl/α,β-unsaturated/α-hetero) is 2. The van der Waals surface area contributed by atoms with E-state index in [1.807, 2.05) is 0 Å². The number of aryl methyl sites for hydroxylation is 1. The normalized spacial score (nSPS) is 11.6. The highest BCUT2D eigenvalue weighted by Gasteiger charge is 2.22. The number of nitrogens with one attached hydrogen (secondary N) is 2. The quantitative estimate of drug-likeness (QED) is 0.0361. The van der Waals surface area contributed by atoms with E-state index in [1.54, 1.807) is 0 Å². The largest absolute Gasteiger partial charge is 0.481 e. The lowest BCUT2D eigenvalue weighted by molar-refractivity contribution is -0.144. The fraction of sp³-hybridized carbons (Fsp3) is 0.667. The second kappa shape index (κ2) is 42.0. The van der Waals surface area contributed by atoms with Crippen molar-refractivity contribution in [2.75, 3.05) is 65.9 Å². The van der Waals surface area contributed by atoms with Crippen LogP contribution in [0.1, 0.15) is 158 Å². The van der Waals surface area contributed by atoms with Crippen molar-refractivity contribution < 1.29 is 57.9 Å². The van der Waals surface area contributed by atoms with Gasteiger partial charge in [-0.3, -0.25) is 28.8 Å². The molecule has 0 saturated carbocycles. The number of unbranched alkanes of at least 4 members (excludes halogenated alkanes) is 14. The first-order valence-electron chi connectivity index (χ1n) is 25.7. The smallest absolute Gasteiger partial charge is 0.306 e. The Morgan fingerprint density at radius 2 is 0.986 bits per heavy atom. The Morgan fingerprint density at radius 1 is 0.486 bits per heavy atom. The number of hydrogen-bond acceptors (Lipinski definition) is 10. The second-order valence-corrected chi connectivity index (χ2v) is 19.0. The van der Waals surface area contributed by atoms with E-state index in [0.717, 1.165) is 74.9 Å². The molecule has 14 nitrogen and oxygen atoms in total. The Labute approximate surface area is 434 Å². The number of aliphatic carboxylic acids is 2. The maximum absolute atomic E-state index is 12.5. The molecule has 394 valence electrons. The van der Waals surface area contributed by atoms with Crippen molar-refractivity contribution in [3.8, 4) is 11.1 Å². The first kappa shape index (κ1) is 62.6. The summed E-state index contributed by atoms with van der Waals surface area (Å²) in [5.41, 5.74) is 6.17. The van der Waals surface area contributed by atoms with Crippen LogP contribution in [0.4, 0.5) is 0 Å². The number of benzene rings is 2. The molecule has 16 heteroatoms. The number of rotatable bonds is 47. The fourth-order valence-corrected chi connectivity index (χ4v) is 8.76. The summed E-state index contributed by atoms with van der Waals surface area (Å²) >= 11 is 7.11. The third kappa shape index (κ3) is 33.2. The fourth-order valence-electron chi connectivity index (χ4n) is 7.83. The number of carbonyl (C=O) groups excluding carboxylic acids is 4. The zero-order valence-corrected chi connectivity index (χ0v) is 44.8. The maximum atomic E-state index is 12.5. The van der Waals surface area contributed by atoms with Gasteiger partial charge in [-0.25, -0.2) is 0 Å². The number of carboxylic acids is 2. The lowest BCUT2D eigenvalue weighted by atomic mass is 9.94. The first-order chi connectivity index (χ1) is 34.0. The summed E-state index contributed by atoms with van der Waals surface area (Å²) in [6.07, 6.45) is 19.0. The minimum absolute atomic E-state index is 0.00257. The van der Waals surface area contributed by atoms with Crippen LogP contribution in [0.3, 0.4) is 0 Å². The number of ketones is 2. The zero-order chi connectivity index (χ0) is 50.9. The van der Waals surface area contributed by atoms with E-state index in [9.17, 15) is 33.9 Å². The highest BCUT2D eigenvalue weighted by molar-refractivity contribution is 9.08. The van der Waals surface area contributed by atoms with E-state index >= 15 is 0 Å². The molecule has 0 spiro atoms. The van der Waals surface area contributed by atoms with Crippen molar-refractivity contribution in [1.29, 1.82) is 0 Å². The predicted molar refractivity (Wildman–Crippen MR) is 280 cm³/mol. The highest BCUT2D eigenvalue weighted by atomic mass is 79.9. The summed E-state index contributed by atoms with van der Waals surface area (Å²) in [5.74, 6) is -3.28. The standard InChI is InChI=1S/C54H82Br2N2O12/c55-39-43-21-23-44(24-22-43)46-25-26-48(40-56)45(37-46)17-15-16-19-50(60)41-69-35-33-68-32-30-58-52(62)42-70-36-34-67-31-29-57-51(61)28-27-47(54(65)66)38-49(59)18-13-11-9-7-5-3-1-2-4-6-8-10-12-14-20-53(63)64/h21-26,37,47H,1-20,27-36,38-42H2,(H,57,61)(H,58,62)(H,63,64)(H,65,66). The first-order valence-corrected chi connectivity index (χ1v) is 27.9. The third-order valence-electron chi connectivity index (χ3n) is 12.0. The Kier molecular flexibility index (Phi) is 37.6. The molecule has 0 aliphatic rings. The molecular weight excluding hydrogens is 1030 g/mol.